The van der Waals surface area contributed by atoms with Crippen LogP contribution in [0.5, 0.6) is 0 Å². The van der Waals surface area contributed by atoms with Gasteiger partial charge in [0.1, 0.15) is 0 Å². The van der Waals surface area contributed by atoms with Crippen molar-refractivity contribution in [1.82, 2.24) is 15.0 Å². The predicted molar refractivity (Wildman–Crippen MR) is 83.1 cm³/mol. The van der Waals surface area contributed by atoms with Gasteiger partial charge in [0.15, 0.2) is 0 Å². The molecule has 0 amide bonds. The van der Waals surface area contributed by atoms with Crippen LogP contribution in [0.1, 0.15) is 32.1 Å². The van der Waals surface area contributed by atoms with Crippen LogP contribution in [0, 0.1) is 12.3 Å². The molecule has 1 aromatic heterocycles. The van der Waals surface area contributed by atoms with E-state index in [0.29, 0.717) is 30.4 Å². The summed E-state index contributed by atoms with van der Waals surface area (Å²) in [4.78, 5) is 18.1. The minimum Gasteiger partial charge on any atom is -0.351 e. The minimum absolute atomic E-state index is 0.364. The second-order valence-corrected chi connectivity index (χ2v) is 5.00. The Kier molecular flexibility index (Phi) is 5.58. The van der Waals surface area contributed by atoms with E-state index < -0.39 is 0 Å². The number of rotatable bonds is 6. The van der Waals surface area contributed by atoms with Gasteiger partial charge < -0.3 is 10.6 Å². The Labute approximate surface area is 125 Å². The third kappa shape index (κ3) is 4.46. The lowest BCUT2D eigenvalue weighted by molar-refractivity contribution is 0.180. The van der Waals surface area contributed by atoms with Crippen LogP contribution >= 0.6 is 0 Å². The van der Waals surface area contributed by atoms with Crippen LogP contribution in [-0.2, 0) is 4.84 Å². The zero-order chi connectivity index (χ0) is 15.1. The molecule has 114 valence electrons. The third-order valence-corrected chi connectivity index (χ3v) is 3.47. The first kappa shape index (κ1) is 15.3. The summed E-state index contributed by atoms with van der Waals surface area (Å²) in [6.45, 7) is 0.364. The second-order valence-electron chi connectivity index (χ2n) is 5.00. The summed E-state index contributed by atoms with van der Waals surface area (Å²) in [7, 11) is 3.30. The van der Waals surface area contributed by atoms with E-state index in [2.05, 4.69) is 31.5 Å². The Balaban J connectivity index is 2.15. The molecule has 1 saturated carbocycles. The SMILES string of the molecule is C#CCNc1nc(NC2CCCCC2)nc(N(C)OC)n1. The van der Waals surface area contributed by atoms with Crippen molar-refractivity contribution in [3.63, 3.8) is 0 Å². The molecule has 0 saturated heterocycles. The first-order valence-electron chi connectivity index (χ1n) is 7.20. The van der Waals surface area contributed by atoms with Crippen molar-refractivity contribution in [3.8, 4) is 12.3 Å². The highest BCUT2D eigenvalue weighted by Gasteiger charge is 2.16. The molecule has 1 fully saturated rings. The van der Waals surface area contributed by atoms with Gasteiger partial charge in [-0.25, -0.2) is 5.06 Å². The van der Waals surface area contributed by atoms with Gasteiger partial charge in [0.05, 0.1) is 13.7 Å². The van der Waals surface area contributed by atoms with E-state index in [1.807, 2.05) is 0 Å². The van der Waals surface area contributed by atoms with E-state index >= 15 is 0 Å². The number of nitrogens with one attached hydrogen (secondary N) is 2. The zero-order valence-corrected chi connectivity index (χ0v) is 12.6. The number of aromatic nitrogens is 3. The summed E-state index contributed by atoms with van der Waals surface area (Å²) in [6.07, 6.45) is 11.3. The smallest absolute Gasteiger partial charge is 0.256 e. The van der Waals surface area contributed by atoms with Crippen LogP contribution < -0.4 is 15.7 Å². The average molecular weight is 290 g/mol. The van der Waals surface area contributed by atoms with Gasteiger partial charge in [-0.3, -0.25) is 4.84 Å². The maximum absolute atomic E-state index is 5.25. The Morgan fingerprint density at radius 2 is 1.95 bits per heavy atom. The molecule has 0 unspecified atom stereocenters. The average Bonchev–Trinajstić information content (AvgIpc) is 2.53. The molecular weight excluding hydrogens is 268 g/mol. The maximum Gasteiger partial charge on any atom is 0.256 e. The Morgan fingerprint density at radius 1 is 1.24 bits per heavy atom. The molecule has 0 bridgehead atoms. The standard InChI is InChI=1S/C14H22N6O/c1-4-10-15-12-17-13(16-11-8-6-5-7-9-11)19-14(18-12)20(2)21-3/h1,11H,5-10H2,2-3H3,(H2,15,16,17,18,19). The molecule has 1 aliphatic rings. The Hall–Kier alpha value is -2.07. The molecular formula is C14H22N6O. The van der Waals surface area contributed by atoms with E-state index in [1.165, 1.54) is 24.3 Å². The summed E-state index contributed by atoms with van der Waals surface area (Å²) in [5.41, 5.74) is 0. The van der Waals surface area contributed by atoms with Gasteiger partial charge >= 0.3 is 0 Å². The number of terminal acetylenes is 1. The molecule has 0 aliphatic heterocycles. The molecule has 2 N–H and O–H groups in total. The van der Waals surface area contributed by atoms with Gasteiger partial charge in [-0.05, 0) is 12.8 Å². The molecule has 1 aromatic rings. The zero-order valence-electron chi connectivity index (χ0n) is 12.6. The van der Waals surface area contributed by atoms with Gasteiger partial charge in [-0.2, -0.15) is 15.0 Å². The summed E-state index contributed by atoms with van der Waals surface area (Å²) >= 11 is 0. The lowest BCUT2D eigenvalue weighted by Gasteiger charge is -2.23. The fourth-order valence-corrected chi connectivity index (χ4v) is 2.29. The van der Waals surface area contributed by atoms with Crippen LogP contribution in [-0.4, -0.2) is 41.7 Å². The van der Waals surface area contributed by atoms with E-state index in [1.54, 1.807) is 14.2 Å². The van der Waals surface area contributed by atoms with Crippen molar-refractivity contribution >= 4 is 17.8 Å². The molecule has 0 radical (unpaired) electrons. The van der Waals surface area contributed by atoms with Crippen molar-refractivity contribution in [2.24, 2.45) is 0 Å². The van der Waals surface area contributed by atoms with Gasteiger partial charge in [0, 0.05) is 13.1 Å². The molecule has 7 nitrogen and oxygen atoms in total. The van der Waals surface area contributed by atoms with Crippen molar-refractivity contribution < 1.29 is 4.84 Å². The molecule has 1 heterocycles. The first-order valence-corrected chi connectivity index (χ1v) is 7.20. The normalized spacial score (nSPS) is 15.3. The lowest BCUT2D eigenvalue weighted by Crippen LogP contribution is -2.25. The Bertz CT molecular complexity index is 495. The van der Waals surface area contributed by atoms with Crippen LogP contribution in [0.4, 0.5) is 17.8 Å². The first-order chi connectivity index (χ1) is 10.2. The van der Waals surface area contributed by atoms with E-state index in [9.17, 15) is 0 Å². The Morgan fingerprint density at radius 3 is 2.62 bits per heavy atom. The van der Waals surface area contributed by atoms with Crippen molar-refractivity contribution in [2.45, 2.75) is 38.1 Å². The van der Waals surface area contributed by atoms with E-state index in [-0.39, 0.29) is 0 Å². The third-order valence-electron chi connectivity index (χ3n) is 3.47. The maximum atomic E-state index is 5.25. The van der Waals surface area contributed by atoms with E-state index in [0.717, 1.165) is 12.8 Å². The largest absolute Gasteiger partial charge is 0.351 e. The van der Waals surface area contributed by atoms with E-state index in [4.69, 9.17) is 11.3 Å². The van der Waals surface area contributed by atoms with Gasteiger partial charge in [-0.15, -0.1) is 6.42 Å². The molecule has 0 spiro atoms. The number of hydrogen-bond donors (Lipinski definition) is 2. The van der Waals surface area contributed by atoms with Crippen LogP contribution in [0.15, 0.2) is 0 Å². The summed E-state index contributed by atoms with van der Waals surface area (Å²) in [5.74, 6) is 3.93. The number of nitrogens with zero attached hydrogens (tertiary/aromatic N) is 4. The number of hydrogen-bond acceptors (Lipinski definition) is 7. The summed E-state index contributed by atoms with van der Waals surface area (Å²) in [6, 6.07) is 0.419. The quantitative estimate of drug-likeness (QED) is 0.609. The van der Waals surface area contributed by atoms with Gasteiger partial charge in [0.2, 0.25) is 11.9 Å². The topological polar surface area (TPSA) is 75.2 Å². The summed E-state index contributed by atoms with van der Waals surface area (Å²) < 4.78 is 0. The molecule has 1 aliphatic carbocycles. The van der Waals surface area contributed by atoms with Crippen LogP contribution in [0.25, 0.3) is 0 Å². The molecule has 21 heavy (non-hydrogen) atoms. The lowest BCUT2D eigenvalue weighted by atomic mass is 9.96. The second kappa shape index (κ2) is 7.64. The predicted octanol–water partition coefficient (Wildman–Crippen LogP) is 1.66. The van der Waals surface area contributed by atoms with Crippen LogP contribution in [0.2, 0.25) is 0 Å². The van der Waals surface area contributed by atoms with Crippen molar-refractivity contribution in [2.75, 3.05) is 36.4 Å². The summed E-state index contributed by atoms with van der Waals surface area (Å²) in [5, 5.41) is 7.83. The fraction of sp³-hybridized carbons (Fsp3) is 0.643. The highest BCUT2D eigenvalue weighted by Crippen LogP contribution is 2.21. The van der Waals surface area contributed by atoms with Gasteiger partial charge in [-0.1, -0.05) is 25.2 Å². The minimum atomic E-state index is 0.364. The van der Waals surface area contributed by atoms with Crippen LogP contribution in [0.3, 0.4) is 0 Å². The molecule has 7 heteroatoms. The number of anilines is 3. The monoisotopic (exact) mass is 290 g/mol. The van der Waals surface area contributed by atoms with Crippen molar-refractivity contribution in [3.05, 3.63) is 0 Å². The molecule has 0 atom stereocenters. The highest BCUT2D eigenvalue weighted by molar-refractivity contribution is 5.43. The fourth-order valence-electron chi connectivity index (χ4n) is 2.29. The van der Waals surface area contributed by atoms with Gasteiger partial charge in [0.25, 0.3) is 5.95 Å². The molecule has 2 rings (SSSR count). The number of hydroxylamine groups is 1. The highest BCUT2D eigenvalue weighted by atomic mass is 16.7. The van der Waals surface area contributed by atoms with Crippen molar-refractivity contribution in [1.29, 1.82) is 0 Å². The molecule has 0 aromatic carbocycles.